The standard InChI is InChI=1S/C19H30N2O3S/c1-15-6-8-16(9-7-15)18(2,3)14-21(4)17(22)19(25(5,23)24)10-12-20-13-11-19/h6-9,20H,10-14H2,1-5H3. The molecule has 1 heterocycles. The first-order valence-corrected chi connectivity index (χ1v) is 10.6. The van der Waals surface area contributed by atoms with Gasteiger partial charge in [0.05, 0.1) is 0 Å². The third-order valence-electron chi connectivity index (χ3n) is 5.32. The summed E-state index contributed by atoms with van der Waals surface area (Å²) in [5, 5.41) is 3.15. The predicted molar refractivity (Wildman–Crippen MR) is 102 cm³/mol. The summed E-state index contributed by atoms with van der Waals surface area (Å²) in [6.07, 6.45) is 1.86. The number of benzene rings is 1. The zero-order valence-electron chi connectivity index (χ0n) is 15.9. The second kappa shape index (κ2) is 7.08. The Morgan fingerprint density at radius 2 is 1.72 bits per heavy atom. The quantitative estimate of drug-likeness (QED) is 0.864. The zero-order chi connectivity index (χ0) is 18.9. The van der Waals surface area contributed by atoms with Gasteiger partial charge in [0.25, 0.3) is 0 Å². The molecule has 1 fully saturated rings. The smallest absolute Gasteiger partial charge is 0.243 e. The van der Waals surface area contributed by atoms with Gasteiger partial charge in [-0.25, -0.2) is 8.42 Å². The van der Waals surface area contributed by atoms with E-state index in [1.807, 2.05) is 6.92 Å². The Morgan fingerprint density at radius 1 is 1.20 bits per heavy atom. The van der Waals surface area contributed by atoms with Crippen molar-refractivity contribution in [1.29, 1.82) is 0 Å². The number of nitrogens with zero attached hydrogens (tertiary/aromatic N) is 1. The predicted octanol–water partition coefficient (Wildman–Crippen LogP) is 1.90. The third kappa shape index (κ3) is 4.06. The van der Waals surface area contributed by atoms with Crippen molar-refractivity contribution in [2.24, 2.45) is 0 Å². The molecule has 0 unspecified atom stereocenters. The maximum atomic E-state index is 13.1. The second-order valence-corrected chi connectivity index (χ2v) is 10.3. The fraction of sp³-hybridized carbons (Fsp3) is 0.632. The van der Waals surface area contributed by atoms with Gasteiger partial charge in [-0.2, -0.15) is 0 Å². The number of carbonyl (C=O) groups is 1. The van der Waals surface area contributed by atoms with Gasteiger partial charge in [-0.3, -0.25) is 4.79 Å². The van der Waals surface area contributed by atoms with Crippen molar-refractivity contribution < 1.29 is 13.2 Å². The molecule has 1 aromatic rings. The van der Waals surface area contributed by atoms with Gasteiger partial charge in [-0.1, -0.05) is 43.7 Å². The Morgan fingerprint density at radius 3 is 2.20 bits per heavy atom. The lowest BCUT2D eigenvalue weighted by molar-refractivity contribution is -0.134. The lowest BCUT2D eigenvalue weighted by Crippen LogP contribution is -2.58. The van der Waals surface area contributed by atoms with Crippen molar-refractivity contribution in [3.8, 4) is 0 Å². The lowest BCUT2D eigenvalue weighted by Gasteiger charge is -2.39. The summed E-state index contributed by atoms with van der Waals surface area (Å²) in [7, 11) is -1.77. The van der Waals surface area contributed by atoms with Crippen LogP contribution in [0.2, 0.25) is 0 Å². The fourth-order valence-corrected chi connectivity index (χ4v) is 5.10. The average molecular weight is 367 g/mol. The first kappa shape index (κ1) is 19.9. The van der Waals surface area contributed by atoms with Crippen LogP contribution in [-0.4, -0.2) is 56.9 Å². The van der Waals surface area contributed by atoms with Crippen LogP contribution >= 0.6 is 0 Å². The molecule has 1 aliphatic heterocycles. The van der Waals surface area contributed by atoms with Gasteiger partial charge in [-0.05, 0) is 38.4 Å². The third-order valence-corrected chi connectivity index (χ3v) is 7.33. The minimum absolute atomic E-state index is 0.260. The van der Waals surface area contributed by atoms with E-state index in [1.165, 1.54) is 11.8 Å². The molecule has 0 saturated carbocycles. The molecule has 0 atom stereocenters. The highest BCUT2D eigenvalue weighted by atomic mass is 32.2. The normalized spacial score (nSPS) is 18.0. The van der Waals surface area contributed by atoms with Crippen molar-refractivity contribution in [3.05, 3.63) is 35.4 Å². The molecule has 0 aromatic heterocycles. The number of piperidine rings is 1. The van der Waals surface area contributed by atoms with Gasteiger partial charge in [0.1, 0.15) is 0 Å². The van der Waals surface area contributed by atoms with E-state index < -0.39 is 14.6 Å². The van der Waals surface area contributed by atoms with Gasteiger partial charge in [0.15, 0.2) is 14.6 Å². The molecule has 140 valence electrons. The van der Waals surface area contributed by atoms with E-state index in [9.17, 15) is 13.2 Å². The minimum atomic E-state index is -3.49. The van der Waals surface area contributed by atoms with Crippen molar-refractivity contribution in [3.63, 3.8) is 0 Å². The zero-order valence-corrected chi connectivity index (χ0v) is 16.7. The largest absolute Gasteiger partial charge is 0.344 e. The highest BCUT2D eigenvalue weighted by Crippen LogP contribution is 2.32. The van der Waals surface area contributed by atoms with E-state index >= 15 is 0 Å². The molecular formula is C19H30N2O3S. The number of rotatable bonds is 5. The molecule has 0 radical (unpaired) electrons. The number of sulfone groups is 1. The van der Waals surface area contributed by atoms with Crippen molar-refractivity contribution in [1.82, 2.24) is 10.2 Å². The van der Waals surface area contributed by atoms with E-state index in [0.29, 0.717) is 32.5 Å². The molecule has 1 saturated heterocycles. The van der Waals surface area contributed by atoms with Crippen LogP contribution in [0, 0.1) is 6.92 Å². The van der Waals surface area contributed by atoms with Crippen molar-refractivity contribution in [2.75, 3.05) is 32.9 Å². The Balaban J connectivity index is 2.24. The number of hydrogen-bond donors (Lipinski definition) is 1. The average Bonchev–Trinajstić information content (AvgIpc) is 2.53. The van der Waals surface area contributed by atoms with E-state index in [4.69, 9.17) is 0 Å². The molecule has 0 spiro atoms. The van der Waals surface area contributed by atoms with Gasteiger partial charge >= 0.3 is 0 Å². The lowest BCUT2D eigenvalue weighted by atomic mass is 9.83. The molecule has 1 aromatic carbocycles. The molecule has 0 bridgehead atoms. The number of carbonyl (C=O) groups excluding carboxylic acids is 1. The van der Waals surface area contributed by atoms with Crippen LogP contribution in [-0.2, 0) is 20.0 Å². The number of nitrogens with one attached hydrogen (secondary N) is 1. The van der Waals surface area contributed by atoms with E-state index in [1.54, 1.807) is 11.9 Å². The first-order chi connectivity index (χ1) is 11.5. The van der Waals surface area contributed by atoms with Crippen molar-refractivity contribution >= 4 is 15.7 Å². The summed E-state index contributed by atoms with van der Waals surface area (Å²) in [4.78, 5) is 14.8. The Bertz CT molecular complexity index is 718. The summed E-state index contributed by atoms with van der Waals surface area (Å²) in [6.45, 7) is 7.77. The Labute approximate surface area is 151 Å². The second-order valence-electron chi connectivity index (χ2n) is 7.93. The van der Waals surface area contributed by atoms with Crippen LogP contribution in [0.15, 0.2) is 24.3 Å². The molecule has 1 aliphatic rings. The fourth-order valence-electron chi connectivity index (χ4n) is 3.68. The first-order valence-electron chi connectivity index (χ1n) is 8.73. The summed E-state index contributed by atoms with van der Waals surface area (Å²) < 4.78 is 23.6. The molecule has 25 heavy (non-hydrogen) atoms. The van der Waals surface area contributed by atoms with Crippen molar-refractivity contribution in [2.45, 2.75) is 43.8 Å². The van der Waals surface area contributed by atoms with Crippen LogP contribution < -0.4 is 5.32 Å². The van der Waals surface area contributed by atoms with Gasteiger partial charge in [-0.15, -0.1) is 0 Å². The van der Waals surface area contributed by atoms with Crippen LogP contribution in [0.25, 0.3) is 0 Å². The van der Waals surface area contributed by atoms with Crippen LogP contribution in [0.1, 0.15) is 37.8 Å². The van der Waals surface area contributed by atoms with Crippen LogP contribution in [0.3, 0.4) is 0 Å². The molecule has 2 rings (SSSR count). The number of aryl methyl sites for hydroxylation is 1. The van der Waals surface area contributed by atoms with Gasteiger partial charge in [0.2, 0.25) is 5.91 Å². The van der Waals surface area contributed by atoms with Crippen LogP contribution in [0.5, 0.6) is 0 Å². The molecule has 0 aliphatic carbocycles. The molecule has 5 nitrogen and oxygen atoms in total. The molecule has 6 heteroatoms. The van der Waals surface area contributed by atoms with E-state index in [0.717, 1.165) is 5.56 Å². The number of likely N-dealkylation sites (N-methyl/N-ethyl adjacent to an activating group) is 1. The number of hydrogen-bond acceptors (Lipinski definition) is 4. The van der Waals surface area contributed by atoms with E-state index in [-0.39, 0.29) is 11.3 Å². The molecular weight excluding hydrogens is 336 g/mol. The maximum Gasteiger partial charge on any atom is 0.243 e. The monoisotopic (exact) mass is 366 g/mol. The van der Waals surface area contributed by atoms with Crippen LogP contribution in [0.4, 0.5) is 0 Å². The highest BCUT2D eigenvalue weighted by molar-refractivity contribution is 7.92. The topological polar surface area (TPSA) is 66.5 Å². The number of amides is 1. The molecule has 1 N–H and O–H groups in total. The SMILES string of the molecule is Cc1ccc(C(C)(C)CN(C)C(=O)C2(S(C)(=O)=O)CCNCC2)cc1. The van der Waals surface area contributed by atoms with E-state index in [2.05, 4.69) is 43.4 Å². The Hall–Kier alpha value is -1.40. The minimum Gasteiger partial charge on any atom is -0.344 e. The highest BCUT2D eigenvalue weighted by Gasteiger charge is 2.50. The van der Waals surface area contributed by atoms with Gasteiger partial charge < -0.3 is 10.2 Å². The summed E-state index contributed by atoms with van der Waals surface area (Å²) in [5.41, 5.74) is 2.06. The summed E-state index contributed by atoms with van der Waals surface area (Å²) in [6, 6.07) is 8.27. The Kier molecular flexibility index (Phi) is 5.64. The summed E-state index contributed by atoms with van der Waals surface area (Å²) in [5.74, 6) is -0.281. The molecule has 1 amide bonds. The summed E-state index contributed by atoms with van der Waals surface area (Å²) >= 11 is 0. The van der Waals surface area contributed by atoms with Gasteiger partial charge in [0, 0.05) is 25.3 Å². The maximum absolute atomic E-state index is 13.1.